The van der Waals surface area contributed by atoms with Crippen molar-refractivity contribution in [1.29, 1.82) is 0 Å². The molecule has 2 aliphatic rings. The van der Waals surface area contributed by atoms with Gasteiger partial charge in [-0.25, -0.2) is 14.8 Å². The number of unbranched alkanes of at least 4 members (excludes halogenated alkanes) is 1. The maximum absolute atomic E-state index is 14.4. The minimum absolute atomic E-state index is 0.0941. The topological polar surface area (TPSA) is 386 Å². The Balaban J connectivity index is 1.10. The quantitative estimate of drug-likeness (QED) is 0.0150. The summed E-state index contributed by atoms with van der Waals surface area (Å²) in [5.41, 5.74) is -0.160. The van der Waals surface area contributed by atoms with Crippen molar-refractivity contribution >= 4 is 106 Å². The Morgan fingerprint density at radius 3 is 1.15 bits per heavy atom. The summed E-state index contributed by atoms with van der Waals surface area (Å²) in [6.07, 6.45) is -0.409. The van der Waals surface area contributed by atoms with Crippen LogP contribution in [0.3, 0.4) is 0 Å². The molecule has 6 rings (SSSR count). The summed E-state index contributed by atoms with van der Waals surface area (Å²) in [6, 6.07) is 2.64. The van der Waals surface area contributed by atoms with Gasteiger partial charge in [-0.2, -0.15) is 0 Å². The van der Waals surface area contributed by atoms with E-state index in [1.807, 2.05) is 25.7 Å². The number of ether oxygens (including phenoxy) is 5. The number of carboxylic acids is 1. The molecule has 4 heterocycles. The van der Waals surface area contributed by atoms with Gasteiger partial charge in [-0.1, -0.05) is 47.5 Å². The first kappa shape index (κ1) is 84.9. The summed E-state index contributed by atoms with van der Waals surface area (Å²) < 4.78 is 30.5. The van der Waals surface area contributed by atoms with Crippen molar-refractivity contribution in [3.8, 4) is 11.1 Å². The number of carboxylic acid groups (broad SMARTS) is 1. The summed E-state index contributed by atoms with van der Waals surface area (Å²) in [6.45, 7) is 27.3. The average molecular weight is 1510 g/mol. The number of amides is 6. The van der Waals surface area contributed by atoms with Gasteiger partial charge in [-0.15, -0.1) is 0 Å². The van der Waals surface area contributed by atoms with E-state index in [1.165, 1.54) is 41.5 Å². The lowest BCUT2D eigenvalue weighted by Crippen LogP contribution is -2.59. The first-order chi connectivity index (χ1) is 48.6. The summed E-state index contributed by atoms with van der Waals surface area (Å²) in [5, 5.41) is 25.5. The Hall–Kier alpha value is -9.00. The number of carbonyl (C=O) groups is 12. The number of rotatable bonds is 30. The maximum atomic E-state index is 14.4. The number of hydrogen-bond donors (Lipinski definition) is 7. The molecule has 0 aliphatic carbocycles. The lowest BCUT2D eigenvalue weighted by molar-refractivity contribution is -0.160. The SMILES string of the molecule is Cn1c(C(=O)Nc2cccc(-c3cccc(NC(=O)c4nc5c(n4C)CCN(CCCC(=O)N[C@@H](CC(=O)OC(C)(C)C)C(=O)N[C@@H](CC(=O)OC(C)(C)C)C(=O)N[C@@H](CC(=O)OC(C)(C)C)C(=O)N[C@@H](CC(=O)OC(C)(C)C)C(=O)O)C5)c3Cl)c2Cl)nc2c1CCN(CCCCC(=O)OC(C)(C)C)C2. The van der Waals surface area contributed by atoms with Crippen LogP contribution in [0.15, 0.2) is 36.4 Å². The van der Waals surface area contributed by atoms with Crippen LogP contribution in [0.4, 0.5) is 11.4 Å². The summed E-state index contributed by atoms with van der Waals surface area (Å²) >= 11 is 14.1. The van der Waals surface area contributed by atoms with Crippen molar-refractivity contribution in [3.05, 3.63) is 80.9 Å². The highest BCUT2D eigenvalue weighted by atomic mass is 35.5. The molecule has 105 heavy (non-hydrogen) atoms. The highest BCUT2D eigenvalue weighted by Gasteiger charge is 2.38. The van der Waals surface area contributed by atoms with Crippen LogP contribution in [-0.2, 0) is 112 Å². The van der Waals surface area contributed by atoms with Gasteiger partial charge in [-0.3, -0.25) is 62.5 Å². The smallest absolute Gasteiger partial charge is 0.326 e. The molecule has 2 aromatic carbocycles. The van der Waals surface area contributed by atoms with E-state index in [0.29, 0.717) is 67.8 Å². The third-order valence-corrected chi connectivity index (χ3v) is 16.8. The van der Waals surface area contributed by atoms with Gasteiger partial charge < -0.3 is 69.8 Å². The van der Waals surface area contributed by atoms with Gasteiger partial charge in [0, 0.05) is 88.5 Å². The number of halogens is 2. The zero-order chi connectivity index (χ0) is 78.4. The number of anilines is 2. The second-order valence-corrected chi connectivity index (χ2v) is 31.8. The first-order valence-corrected chi connectivity index (χ1v) is 35.6. The Bertz CT molecular complexity index is 3910. The molecule has 2 aromatic heterocycles. The van der Waals surface area contributed by atoms with Crippen molar-refractivity contribution in [1.82, 2.24) is 50.2 Å². The third kappa shape index (κ3) is 26.8. The number of esters is 5. The fourth-order valence-electron chi connectivity index (χ4n) is 11.6. The molecule has 0 saturated heterocycles. The minimum atomic E-state index is -1.95. The number of aromatic nitrogens is 4. The molecule has 576 valence electrons. The molecule has 6 amide bonds. The van der Waals surface area contributed by atoms with Gasteiger partial charge in [0.1, 0.15) is 52.2 Å². The highest BCUT2D eigenvalue weighted by molar-refractivity contribution is 6.40. The van der Waals surface area contributed by atoms with Gasteiger partial charge in [0.25, 0.3) is 11.8 Å². The van der Waals surface area contributed by atoms with E-state index < -0.39 is 143 Å². The molecular formula is C73H102Cl2N12O18. The van der Waals surface area contributed by atoms with Crippen LogP contribution in [0.2, 0.25) is 10.0 Å². The number of nitrogens with one attached hydrogen (secondary N) is 6. The van der Waals surface area contributed by atoms with Crippen molar-refractivity contribution in [2.75, 3.05) is 36.8 Å². The van der Waals surface area contributed by atoms with E-state index in [0.717, 1.165) is 36.6 Å². The van der Waals surface area contributed by atoms with Crippen molar-refractivity contribution in [2.45, 2.75) is 240 Å². The van der Waals surface area contributed by atoms with Gasteiger partial charge in [0.15, 0.2) is 11.6 Å². The molecule has 0 spiro atoms. The molecule has 4 atom stereocenters. The molecule has 30 nitrogen and oxygen atoms in total. The van der Waals surface area contributed by atoms with Crippen LogP contribution in [-0.4, -0.2) is 184 Å². The predicted octanol–water partition coefficient (Wildman–Crippen LogP) is 7.59. The maximum Gasteiger partial charge on any atom is 0.326 e. The predicted molar refractivity (Wildman–Crippen MR) is 388 cm³/mol. The minimum Gasteiger partial charge on any atom is -0.480 e. The molecule has 4 aromatic rings. The summed E-state index contributed by atoms with van der Waals surface area (Å²) in [4.78, 5) is 176. The monoisotopic (exact) mass is 1500 g/mol. The van der Waals surface area contributed by atoms with Crippen LogP contribution >= 0.6 is 23.2 Å². The van der Waals surface area contributed by atoms with E-state index in [9.17, 15) is 62.6 Å². The third-order valence-electron chi connectivity index (χ3n) is 16.0. The van der Waals surface area contributed by atoms with E-state index >= 15 is 0 Å². The van der Waals surface area contributed by atoms with E-state index in [2.05, 4.69) is 36.8 Å². The fraction of sp³-hybridized carbons (Fsp3) is 0.589. The van der Waals surface area contributed by atoms with E-state index in [4.69, 9.17) is 56.9 Å². The number of fused-ring (bicyclic) bond motifs is 2. The standard InChI is InChI=1S/C73H102Cl2N12O18/c1-69(2,3)101-54(89)28-18-19-31-86-33-29-51-49(39-86)77-61(84(51)16)66(97)79-43-25-20-23-41(59(43)74)42-24-21-26-44(60(42)75)80-67(98)62-78-50-40-87(34-30-52(50)85(62)17)32-22-27-53(88)76-45(35-55(90)102-70(4,5)6)63(94)81-46(36-56(91)103-71(7,8)9)64(95)82-47(37-57(92)104-72(10,11)12)65(96)83-48(68(99)100)38-58(93)105-73(13,14)15/h20-21,23-26,45-48H,18-19,22,27-40H2,1-17H3,(H,76,88)(H,79,97)(H,80,98)(H,81,94)(H,82,95)(H,83,96)(H,99,100)/t45-,46-,47-,48-/m0/s1. The van der Waals surface area contributed by atoms with Gasteiger partial charge in [-0.05, 0) is 148 Å². The van der Waals surface area contributed by atoms with Crippen LogP contribution in [0.25, 0.3) is 11.1 Å². The molecule has 0 saturated carbocycles. The van der Waals surface area contributed by atoms with E-state index in [1.54, 1.807) is 101 Å². The molecule has 0 radical (unpaired) electrons. The first-order valence-electron chi connectivity index (χ1n) is 34.9. The number of carbonyl (C=O) groups excluding carboxylic acids is 11. The Kier molecular flexibility index (Phi) is 29.0. The fourth-order valence-corrected chi connectivity index (χ4v) is 12.1. The van der Waals surface area contributed by atoms with E-state index in [-0.39, 0.29) is 52.7 Å². The van der Waals surface area contributed by atoms with Crippen LogP contribution in [0.1, 0.15) is 206 Å². The zero-order valence-corrected chi connectivity index (χ0v) is 64.6. The van der Waals surface area contributed by atoms with Gasteiger partial charge in [0.2, 0.25) is 23.6 Å². The second-order valence-electron chi connectivity index (χ2n) is 31.0. The molecule has 0 fully saturated rings. The lowest BCUT2D eigenvalue weighted by Gasteiger charge is -2.28. The highest BCUT2D eigenvalue weighted by Crippen LogP contribution is 2.41. The number of hydrogen-bond acceptors (Lipinski definition) is 21. The number of aliphatic carboxylic acids is 1. The van der Waals surface area contributed by atoms with Gasteiger partial charge in [0.05, 0.1) is 58.5 Å². The average Bonchev–Trinajstić information content (AvgIpc) is 1.64. The molecule has 0 bridgehead atoms. The van der Waals surface area contributed by atoms with Crippen LogP contribution < -0.4 is 31.9 Å². The Morgan fingerprint density at radius 2 is 0.790 bits per heavy atom. The van der Waals surface area contributed by atoms with Crippen molar-refractivity contribution in [3.63, 3.8) is 0 Å². The van der Waals surface area contributed by atoms with Crippen LogP contribution in [0.5, 0.6) is 0 Å². The second kappa shape index (κ2) is 35.9. The number of imidazole rings is 2. The molecule has 2 aliphatic heterocycles. The molecule has 7 N–H and O–H groups in total. The van der Waals surface area contributed by atoms with Crippen molar-refractivity contribution < 1.29 is 86.3 Å². The Labute approximate surface area is 622 Å². The zero-order valence-electron chi connectivity index (χ0n) is 63.1. The van der Waals surface area contributed by atoms with Crippen LogP contribution in [0, 0.1) is 0 Å². The largest absolute Gasteiger partial charge is 0.480 e. The number of benzene rings is 2. The summed E-state index contributed by atoms with van der Waals surface area (Å²) in [5.74, 6) is -11.0. The number of nitrogens with zero attached hydrogens (tertiary/aromatic N) is 6. The molecular weight excluding hydrogens is 1400 g/mol. The molecule has 32 heteroatoms. The molecule has 0 unspecified atom stereocenters. The lowest BCUT2D eigenvalue weighted by atomic mass is 10.0. The van der Waals surface area contributed by atoms with Gasteiger partial charge >= 0.3 is 35.8 Å². The van der Waals surface area contributed by atoms with Crippen molar-refractivity contribution in [2.24, 2.45) is 14.1 Å². The summed E-state index contributed by atoms with van der Waals surface area (Å²) in [7, 11) is 3.53. The Morgan fingerprint density at radius 1 is 0.457 bits per heavy atom. The normalized spacial score (nSPS) is 14.7.